The number of hydrogen-bond donors (Lipinski definition) is 2. The third-order valence-corrected chi connectivity index (χ3v) is 1.76. The van der Waals surface area contributed by atoms with Gasteiger partial charge >= 0.3 is 0 Å². The molecule has 0 amide bonds. The molecule has 0 heterocycles. The summed E-state index contributed by atoms with van der Waals surface area (Å²) < 4.78 is 0. The average Bonchev–Trinajstić information content (AvgIpc) is 2.03. The van der Waals surface area contributed by atoms with Gasteiger partial charge in [0.2, 0.25) is 0 Å². The molecule has 1 rings (SSSR count). The van der Waals surface area contributed by atoms with Crippen LogP contribution < -0.4 is 5.73 Å². The maximum Gasteiger partial charge on any atom is 0.161 e. The van der Waals surface area contributed by atoms with Gasteiger partial charge in [-0.3, -0.25) is 4.79 Å². The maximum absolute atomic E-state index is 11.0. The second kappa shape index (κ2) is 3.31. The van der Waals surface area contributed by atoms with Gasteiger partial charge in [0.25, 0.3) is 0 Å². The van der Waals surface area contributed by atoms with Gasteiger partial charge in [0.1, 0.15) is 5.76 Å². The molecule has 0 radical (unpaired) electrons. The largest absolute Gasteiger partial charge is 0.508 e. The number of aliphatic hydroxyl groups excluding tert-OH is 1. The number of anilines is 1. The Hall–Kier alpha value is -1.77. The fourth-order valence-electron chi connectivity index (χ4n) is 1.06. The Kier molecular flexibility index (Phi) is 2.37. The molecule has 3 heteroatoms. The van der Waals surface area contributed by atoms with Gasteiger partial charge in [-0.05, 0) is 19.1 Å². The van der Waals surface area contributed by atoms with Crippen LogP contribution >= 0.6 is 0 Å². The summed E-state index contributed by atoms with van der Waals surface area (Å²) in [5.74, 6) is -0.144. The van der Waals surface area contributed by atoms with E-state index in [2.05, 4.69) is 6.58 Å². The number of carbonyl (C=O) groups is 1. The molecule has 3 nitrogen and oxygen atoms in total. The molecule has 0 aliphatic carbocycles. The van der Waals surface area contributed by atoms with Gasteiger partial charge in [0.15, 0.2) is 5.78 Å². The van der Waals surface area contributed by atoms with Crippen molar-refractivity contribution in [2.24, 2.45) is 0 Å². The van der Waals surface area contributed by atoms with E-state index in [0.29, 0.717) is 16.8 Å². The molecule has 68 valence electrons. The first-order valence-electron chi connectivity index (χ1n) is 3.81. The number of nitrogens with two attached hydrogens (primary N) is 1. The first kappa shape index (κ1) is 9.32. The Balaban J connectivity index is 3.20. The van der Waals surface area contributed by atoms with Gasteiger partial charge in [0, 0.05) is 16.8 Å². The molecule has 0 saturated carbocycles. The van der Waals surface area contributed by atoms with Crippen LogP contribution in [0.15, 0.2) is 24.8 Å². The fourth-order valence-corrected chi connectivity index (χ4v) is 1.06. The third-order valence-electron chi connectivity index (χ3n) is 1.76. The Morgan fingerprint density at radius 1 is 1.54 bits per heavy atom. The summed E-state index contributed by atoms with van der Waals surface area (Å²) in [5.41, 5.74) is 6.94. The molecule has 0 aliphatic rings. The monoisotopic (exact) mass is 177 g/mol. The number of benzene rings is 1. The quantitative estimate of drug-likeness (QED) is 0.412. The molecule has 0 spiro atoms. The van der Waals surface area contributed by atoms with Crippen LogP contribution in [0.4, 0.5) is 5.69 Å². The molecule has 0 saturated heterocycles. The van der Waals surface area contributed by atoms with E-state index in [1.165, 1.54) is 13.0 Å². The Morgan fingerprint density at radius 2 is 2.15 bits per heavy atom. The van der Waals surface area contributed by atoms with Gasteiger partial charge in [-0.15, -0.1) is 0 Å². The zero-order valence-electron chi connectivity index (χ0n) is 7.37. The molecule has 0 aromatic heterocycles. The molecule has 13 heavy (non-hydrogen) atoms. The molecule has 0 unspecified atom stereocenters. The normalized spacial score (nSPS) is 9.62. The predicted octanol–water partition coefficient (Wildman–Crippen LogP) is 2.00. The van der Waals surface area contributed by atoms with Crippen LogP contribution in [-0.2, 0) is 0 Å². The summed E-state index contributed by atoms with van der Waals surface area (Å²) >= 11 is 0. The molecule has 3 N–H and O–H groups in total. The zero-order chi connectivity index (χ0) is 10.0. The number of nitrogen functional groups attached to an aromatic ring is 1. The predicted molar refractivity (Wildman–Crippen MR) is 52.5 cm³/mol. The minimum Gasteiger partial charge on any atom is -0.508 e. The van der Waals surface area contributed by atoms with Crippen molar-refractivity contribution in [1.82, 2.24) is 0 Å². The number of aliphatic hydroxyl groups is 1. The molecular formula is C10H11NO2. The van der Waals surface area contributed by atoms with Crippen molar-refractivity contribution in [3.63, 3.8) is 0 Å². The van der Waals surface area contributed by atoms with Crippen molar-refractivity contribution in [3.05, 3.63) is 35.9 Å². The highest BCUT2D eigenvalue weighted by Crippen LogP contribution is 2.18. The summed E-state index contributed by atoms with van der Waals surface area (Å²) in [6.45, 7) is 4.80. The van der Waals surface area contributed by atoms with E-state index in [1.54, 1.807) is 12.1 Å². The van der Waals surface area contributed by atoms with Crippen molar-refractivity contribution in [2.45, 2.75) is 6.92 Å². The van der Waals surface area contributed by atoms with Crippen LogP contribution in [0, 0.1) is 0 Å². The second-order valence-electron chi connectivity index (χ2n) is 2.80. The summed E-state index contributed by atoms with van der Waals surface area (Å²) in [6.07, 6.45) is 0. The highest BCUT2D eigenvalue weighted by molar-refractivity contribution is 5.99. The minimum absolute atomic E-state index is 0.0539. The molecule has 1 aromatic rings. The van der Waals surface area contributed by atoms with Gasteiger partial charge in [0.05, 0.1) is 0 Å². The lowest BCUT2D eigenvalue weighted by atomic mass is 10.1. The van der Waals surface area contributed by atoms with E-state index in [4.69, 9.17) is 10.8 Å². The maximum atomic E-state index is 11.0. The highest BCUT2D eigenvalue weighted by atomic mass is 16.3. The Bertz CT molecular complexity index is 369. The Morgan fingerprint density at radius 3 is 2.54 bits per heavy atom. The van der Waals surface area contributed by atoms with E-state index < -0.39 is 0 Å². The van der Waals surface area contributed by atoms with Gasteiger partial charge < -0.3 is 10.8 Å². The number of hydrogen-bond acceptors (Lipinski definition) is 3. The second-order valence-corrected chi connectivity index (χ2v) is 2.80. The summed E-state index contributed by atoms with van der Waals surface area (Å²) in [4.78, 5) is 11.0. The smallest absolute Gasteiger partial charge is 0.161 e. The van der Waals surface area contributed by atoms with Crippen LogP contribution in [0.25, 0.3) is 5.76 Å². The van der Waals surface area contributed by atoms with E-state index in [1.807, 2.05) is 0 Å². The summed E-state index contributed by atoms with van der Waals surface area (Å²) in [7, 11) is 0. The van der Waals surface area contributed by atoms with Crippen LogP contribution in [0.1, 0.15) is 22.8 Å². The molecule has 0 aliphatic heterocycles. The number of ketones is 1. The van der Waals surface area contributed by atoms with Gasteiger partial charge in [-0.1, -0.05) is 12.6 Å². The number of Topliss-reactive ketones (excluding diaryl/α,β-unsaturated/α-hetero) is 1. The lowest BCUT2D eigenvalue weighted by molar-refractivity contribution is 0.101. The van der Waals surface area contributed by atoms with Crippen LogP contribution in [0.2, 0.25) is 0 Å². The summed E-state index contributed by atoms with van der Waals surface area (Å²) in [5, 5.41) is 9.04. The minimum atomic E-state index is -0.0902. The molecular weight excluding hydrogens is 166 g/mol. The van der Waals surface area contributed by atoms with Gasteiger partial charge in [-0.2, -0.15) is 0 Å². The van der Waals surface area contributed by atoms with Crippen LogP contribution in [-0.4, -0.2) is 10.9 Å². The average molecular weight is 177 g/mol. The Labute approximate surface area is 76.5 Å². The summed E-state index contributed by atoms with van der Waals surface area (Å²) in [6, 6.07) is 4.71. The zero-order valence-corrected chi connectivity index (χ0v) is 7.37. The molecule has 0 atom stereocenters. The van der Waals surface area contributed by atoms with Crippen molar-refractivity contribution in [1.29, 1.82) is 0 Å². The van der Waals surface area contributed by atoms with Gasteiger partial charge in [-0.25, -0.2) is 0 Å². The topological polar surface area (TPSA) is 63.3 Å². The van der Waals surface area contributed by atoms with Crippen molar-refractivity contribution in [3.8, 4) is 0 Å². The molecule has 0 bridgehead atoms. The first-order chi connectivity index (χ1) is 6.02. The SMILES string of the molecule is C=C(O)c1ccc(C(C)=O)c(N)c1. The highest BCUT2D eigenvalue weighted by Gasteiger charge is 2.05. The van der Waals surface area contributed by atoms with Crippen molar-refractivity contribution in [2.75, 3.05) is 5.73 Å². The van der Waals surface area contributed by atoms with E-state index in [9.17, 15) is 4.79 Å². The first-order valence-corrected chi connectivity index (χ1v) is 3.81. The standard InChI is InChI=1S/C10H11NO2/c1-6(12)8-3-4-9(7(2)13)10(11)5-8/h3-5,12H,1,11H2,2H3. The van der Waals surface area contributed by atoms with E-state index >= 15 is 0 Å². The third kappa shape index (κ3) is 1.87. The number of carbonyl (C=O) groups excluding carboxylic acids is 1. The lowest BCUT2D eigenvalue weighted by Gasteiger charge is -2.04. The van der Waals surface area contributed by atoms with Crippen molar-refractivity contribution < 1.29 is 9.90 Å². The molecule has 1 aromatic carbocycles. The lowest BCUT2D eigenvalue weighted by Crippen LogP contribution is -2.00. The van der Waals surface area contributed by atoms with E-state index in [-0.39, 0.29) is 11.5 Å². The number of rotatable bonds is 2. The van der Waals surface area contributed by atoms with Crippen LogP contribution in [0.3, 0.4) is 0 Å². The van der Waals surface area contributed by atoms with Crippen LogP contribution in [0.5, 0.6) is 0 Å². The molecule has 0 fully saturated rings. The van der Waals surface area contributed by atoms with Crippen molar-refractivity contribution >= 4 is 17.2 Å². The van der Waals surface area contributed by atoms with E-state index in [0.717, 1.165) is 0 Å². The fraction of sp³-hybridized carbons (Fsp3) is 0.100.